The van der Waals surface area contributed by atoms with Gasteiger partial charge in [0.05, 0.1) is 22.8 Å². The topological polar surface area (TPSA) is 106 Å². The van der Waals surface area contributed by atoms with Crippen molar-refractivity contribution in [1.82, 2.24) is 10.6 Å². The first-order valence-electron chi connectivity index (χ1n) is 13.0. The number of hydrogen-bond donors (Lipinski definition) is 3. The highest BCUT2D eigenvalue weighted by atomic mass is 35.5. The molecule has 0 saturated carbocycles. The van der Waals surface area contributed by atoms with Crippen molar-refractivity contribution in [3.63, 3.8) is 0 Å². The highest BCUT2D eigenvalue weighted by Gasteiger charge is 2.52. The van der Waals surface area contributed by atoms with E-state index in [-0.39, 0.29) is 40.0 Å². The van der Waals surface area contributed by atoms with Crippen LogP contribution in [-0.4, -0.2) is 56.7 Å². The number of rotatable bonds is 11. The molecule has 8 nitrogen and oxygen atoms in total. The molecule has 0 bridgehead atoms. The Hall–Kier alpha value is -3.45. The summed E-state index contributed by atoms with van der Waals surface area (Å²) < 4.78 is 75.5. The largest absolute Gasteiger partial charge is 0.487 e. The molecule has 230 valence electrons. The van der Waals surface area contributed by atoms with Crippen LogP contribution in [0.25, 0.3) is 0 Å². The number of halogens is 6. The van der Waals surface area contributed by atoms with Gasteiger partial charge >= 0.3 is 6.18 Å². The highest BCUT2D eigenvalue weighted by molar-refractivity contribution is 6.34. The Bertz CT molecular complexity index is 1280. The van der Waals surface area contributed by atoms with Crippen LogP contribution in [0.3, 0.4) is 0 Å². The molecule has 1 atom stereocenters. The first kappa shape index (κ1) is 33.1. The molecule has 1 aliphatic rings. The lowest BCUT2D eigenvalue weighted by Gasteiger charge is -2.26. The molecule has 1 fully saturated rings. The molecule has 3 N–H and O–H groups in total. The first-order valence-corrected chi connectivity index (χ1v) is 13.4. The molecule has 0 aliphatic carbocycles. The van der Waals surface area contributed by atoms with Crippen LogP contribution in [0.2, 0.25) is 5.02 Å². The first-order chi connectivity index (χ1) is 19.7. The van der Waals surface area contributed by atoms with Crippen LogP contribution in [0, 0.1) is 11.3 Å². The van der Waals surface area contributed by atoms with Crippen molar-refractivity contribution in [3.8, 4) is 5.75 Å². The van der Waals surface area contributed by atoms with Gasteiger partial charge in [-0.05, 0) is 68.5 Å². The SMILES string of the molecule is CC(C)(C(=O)NCc1ccc(Cl)c(C(=O)Nc2ccc(OCC(F)F)c(C(=O)NCC3CCCOC3)c2)c1)C(F)(F)F. The van der Waals surface area contributed by atoms with Crippen LogP contribution < -0.4 is 20.7 Å². The van der Waals surface area contributed by atoms with Gasteiger partial charge in [-0.3, -0.25) is 14.4 Å². The van der Waals surface area contributed by atoms with Gasteiger partial charge in [-0.15, -0.1) is 0 Å². The number of ether oxygens (including phenoxy) is 2. The fraction of sp³-hybridized carbons (Fsp3) is 0.464. The lowest BCUT2D eigenvalue weighted by molar-refractivity contribution is -0.211. The van der Waals surface area contributed by atoms with Crippen LogP contribution in [0.15, 0.2) is 36.4 Å². The number of anilines is 1. The predicted molar refractivity (Wildman–Crippen MR) is 145 cm³/mol. The molecule has 3 amide bonds. The smallest absolute Gasteiger partial charge is 0.402 e. The molecule has 14 heteroatoms. The van der Waals surface area contributed by atoms with E-state index >= 15 is 0 Å². The maximum atomic E-state index is 13.1. The van der Waals surface area contributed by atoms with Gasteiger partial charge in [0.15, 0.2) is 0 Å². The molecular formula is C28H31ClF5N3O5. The van der Waals surface area contributed by atoms with Gasteiger partial charge in [-0.25, -0.2) is 8.78 Å². The zero-order valence-electron chi connectivity index (χ0n) is 22.9. The molecule has 2 aromatic rings. The number of nitrogens with one attached hydrogen (secondary N) is 3. The van der Waals surface area contributed by atoms with Crippen molar-refractivity contribution in [1.29, 1.82) is 0 Å². The van der Waals surface area contributed by atoms with Crippen LogP contribution in [0.4, 0.5) is 27.6 Å². The maximum Gasteiger partial charge on any atom is 0.402 e. The van der Waals surface area contributed by atoms with Crippen LogP contribution in [0.1, 0.15) is 53.0 Å². The summed E-state index contributed by atoms with van der Waals surface area (Å²) in [7, 11) is 0. The van der Waals surface area contributed by atoms with E-state index in [0.29, 0.717) is 25.3 Å². The Morgan fingerprint density at radius 1 is 1.05 bits per heavy atom. The molecule has 42 heavy (non-hydrogen) atoms. The van der Waals surface area contributed by atoms with Gasteiger partial charge in [-0.2, -0.15) is 13.2 Å². The molecule has 1 aliphatic heterocycles. The summed E-state index contributed by atoms with van der Waals surface area (Å²) in [5.74, 6) is -2.58. The lowest BCUT2D eigenvalue weighted by Crippen LogP contribution is -2.46. The monoisotopic (exact) mass is 619 g/mol. The molecule has 0 aromatic heterocycles. The van der Waals surface area contributed by atoms with E-state index in [1.54, 1.807) is 0 Å². The zero-order valence-corrected chi connectivity index (χ0v) is 23.6. The van der Waals surface area contributed by atoms with E-state index in [1.807, 2.05) is 0 Å². The van der Waals surface area contributed by atoms with Gasteiger partial charge in [0, 0.05) is 25.4 Å². The highest BCUT2D eigenvalue weighted by Crippen LogP contribution is 2.37. The normalized spacial score (nSPS) is 15.7. The van der Waals surface area contributed by atoms with E-state index in [4.69, 9.17) is 21.1 Å². The fourth-order valence-electron chi connectivity index (χ4n) is 3.95. The molecule has 1 saturated heterocycles. The summed E-state index contributed by atoms with van der Waals surface area (Å²) >= 11 is 6.18. The van der Waals surface area contributed by atoms with Crippen molar-refractivity contribution in [2.75, 3.05) is 31.7 Å². The lowest BCUT2D eigenvalue weighted by atomic mass is 9.91. The second-order valence-corrected chi connectivity index (χ2v) is 10.7. The average molecular weight is 620 g/mol. The van der Waals surface area contributed by atoms with Crippen molar-refractivity contribution in [2.45, 2.75) is 45.8 Å². The molecule has 0 radical (unpaired) electrons. The Labute approximate surface area is 244 Å². The molecule has 3 rings (SSSR count). The average Bonchev–Trinajstić information content (AvgIpc) is 2.94. The second kappa shape index (κ2) is 14.1. The van der Waals surface area contributed by atoms with Gasteiger partial charge in [0.2, 0.25) is 5.91 Å². The quantitative estimate of drug-likeness (QED) is 0.284. The summed E-state index contributed by atoms with van der Waals surface area (Å²) in [4.78, 5) is 38.1. The molecule has 1 unspecified atom stereocenters. The summed E-state index contributed by atoms with van der Waals surface area (Å²) in [6, 6.07) is 7.98. The third-order valence-electron chi connectivity index (χ3n) is 6.66. The van der Waals surface area contributed by atoms with Crippen LogP contribution in [-0.2, 0) is 16.1 Å². The zero-order chi connectivity index (χ0) is 31.1. The van der Waals surface area contributed by atoms with E-state index < -0.39 is 42.3 Å². The predicted octanol–water partition coefficient (Wildman–Crippen LogP) is 5.60. The van der Waals surface area contributed by atoms with Crippen LogP contribution in [0.5, 0.6) is 5.75 Å². The molecule has 1 heterocycles. The second-order valence-electron chi connectivity index (χ2n) is 10.3. The van der Waals surface area contributed by atoms with Crippen molar-refractivity contribution >= 4 is 35.0 Å². The van der Waals surface area contributed by atoms with Gasteiger partial charge < -0.3 is 25.4 Å². The van der Waals surface area contributed by atoms with E-state index in [9.17, 15) is 36.3 Å². The number of carbonyl (C=O) groups is 3. The van der Waals surface area contributed by atoms with E-state index in [2.05, 4.69) is 16.0 Å². The number of benzene rings is 2. The molecule has 0 spiro atoms. The van der Waals surface area contributed by atoms with Gasteiger partial charge in [-0.1, -0.05) is 17.7 Å². The molecular weight excluding hydrogens is 589 g/mol. The fourth-order valence-corrected chi connectivity index (χ4v) is 4.15. The van der Waals surface area contributed by atoms with Gasteiger partial charge in [0.25, 0.3) is 18.2 Å². The minimum absolute atomic E-state index is 0.0164. The minimum atomic E-state index is -4.76. The summed E-state index contributed by atoms with van der Waals surface area (Å²) in [5, 5.41) is 7.53. The van der Waals surface area contributed by atoms with Crippen molar-refractivity contribution in [3.05, 3.63) is 58.1 Å². The number of amides is 3. The Morgan fingerprint density at radius 3 is 2.43 bits per heavy atom. The summed E-state index contributed by atoms with van der Waals surface area (Å²) in [6.07, 6.45) is -5.83. The van der Waals surface area contributed by atoms with E-state index in [1.165, 1.54) is 36.4 Å². The standard InChI is InChI=1S/C28H31ClF5N3O5/c1-27(2,28(32,33)34)26(40)36-12-16-5-7-21(29)19(10-16)25(39)37-18-6-8-22(42-15-23(30)31)20(11-18)24(38)35-13-17-4-3-9-41-14-17/h5-8,10-11,17,23H,3-4,9,12-15H2,1-2H3,(H,35,38)(H,36,40)(H,37,39). The Kier molecular flexibility index (Phi) is 11.1. The van der Waals surface area contributed by atoms with Gasteiger partial charge in [0.1, 0.15) is 17.8 Å². The maximum absolute atomic E-state index is 13.1. The third kappa shape index (κ3) is 8.78. The summed E-state index contributed by atoms with van der Waals surface area (Å²) in [5.41, 5.74) is -2.34. The Balaban J connectivity index is 1.75. The third-order valence-corrected chi connectivity index (χ3v) is 6.99. The van der Waals surface area contributed by atoms with E-state index in [0.717, 1.165) is 26.7 Å². The van der Waals surface area contributed by atoms with Crippen LogP contribution >= 0.6 is 11.6 Å². The molecule has 2 aromatic carbocycles. The number of hydrogen-bond acceptors (Lipinski definition) is 5. The summed E-state index contributed by atoms with van der Waals surface area (Å²) in [6.45, 7) is 1.69. The number of alkyl halides is 5. The van der Waals surface area contributed by atoms with Crippen molar-refractivity contribution in [2.24, 2.45) is 11.3 Å². The minimum Gasteiger partial charge on any atom is -0.487 e. The Morgan fingerprint density at radius 2 is 1.79 bits per heavy atom. The number of carbonyl (C=O) groups excluding carboxylic acids is 3. The van der Waals surface area contributed by atoms with Crippen molar-refractivity contribution < 1.29 is 45.8 Å².